The van der Waals surface area contributed by atoms with E-state index in [-0.39, 0.29) is 11.1 Å². The quantitative estimate of drug-likeness (QED) is 0.607. The summed E-state index contributed by atoms with van der Waals surface area (Å²) in [4.78, 5) is 0. The lowest BCUT2D eigenvalue weighted by atomic mass is 10.1. The minimum absolute atomic E-state index is 0.0437. The fourth-order valence-electron chi connectivity index (χ4n) is 1.07. The van der Waals surface area contributed by atoms with Crippen LogP contribution in [0.1, 0.15) is 41.0 Å². The van der Waals surface area contributed by atoms with E-state index >= 15 is 0 Å². The van der Waals surface area contributed by atoms with Crippen LogP contribution in [-0.2, 0) is 4.74 Å². The van der Waals surface area contributed by atoms with Crippen molar-refractivity contribution in [3.63, 3.8) is 0 Å². The standard InChI is InChI=1S/C12H28N2O/c1-7-8-14-9-12(4,5)15-10-11(2,3)13-6/h13-14H,7-10H2,1-6H3. The van der Waals surface area contributed by atoms with Gasteiger partial charge in [0.05, 0.1) is 12.2 Å². The van der Waals surface area contributed by atoms with Crippen molar-refractivity contribution in [1.29, 1.82) is 0 Å². The van der Waals surface area contributed by atoms with Crippen LogP contribution in [0.2, 0.25) is 0 Å². The van der Waals surface area contributed by atoms with Crippen LogP contribution in [0.4, 0.5) is 0 Å². The van der Waals surface area contributed by atoms with Gasteiger partial charge in [-0.1, -0.05) is 6.92 Å². The Hall–Kier alpha value is -0.120. The summed E-state index contributed by atoms with van der Waals surface area (Å²) >= 11 is 0. The van der Waals surface area contributed by atoms with Crippen LogP contribution in [-0.4, -0.2) is 37.9 Å². The van der Waals surface area contributed by atoms with E-state index in [4.69, 9.17) is 4.74 Å². The van der Waals surface area contributed by atoms with Gasteiger partial charge >= 0.3 is 0 Å². The Labute approximate surface area is 95.0 Å². The highest BCUT2D eigenvalue weighted by molar-refractivity contribution is 4.79. The SMILES string of the molecule is CCCNCC(C)(C)OCC(C)(C)NC. The average molecular weight is 216 g/mol. The van der Waals surface area contributed by atoms with E-state index in [2.05, 4.69) is 45.3 Å². The monoisotopic (exact) mass is 216 g/mol. The molecular formula is C12H28N2O. The molecule has 0 atom stereocenters. The molecule has 3 nitrogen and oxygen atoms in total. The predicted molar refractivity (Wildman–Crippen MR) is 66.3 cm³/mol. The maximum absolute atomic E-state index is 5.91. The summed E-state index contributed by atoms with van der Waals surface area (Å²) < 4.78 is 5.91. The number of rotatable bonds is 8. The maximum atomic E-state index is 5.91. The van der Waals surface area contributed by atoms with E-state index in [0.717, 1.165) is 26.1 Å². The van der Waals surface area contributed by atoms with E-state index in [9.17, 15) is 0 Å². The average Bonchev–Trinajstić information content (AvgIpc) is 2.16. The molecule has 0 spiro atoms. The Bertz CT molecular complexity index is 167. The third kappa shape index (κ3) is 7.77. The molecule has 0 aliphatic heterocycles. The molecule has 0 rings (SSSR count). The van der Waals surface area contributed by atoms with Crippen molar-refractivity contribution >= 4 is 0 Å². The molecule has 0 aromatic rings. The van der Waals surface area contributed by atoms with E-state index in [1.165, 1.54) is 0 Å². The van der Waals surface area contributed by atoms with Crippen LogP contribution < -0.4 is 10.6 Å². The molecule has 0 aromatic heterocycles. The summed E-state index contributed by atoms with van der Waals surface area (Å²) in [6, 6.07) is 0. The number of nitrogens with one attached hydrogen (secondary N) is 2. The number of likely N-dealkylation sites (N-methyl/N-ethyl adjacent to an activating group) is 1. The van der Waals surface area contributed by atoms with E-state index < -0.39 is 0 Å². The molecular weight excluding hydrogens is 188 g/mol. The van der Waals surface area contributed by atoms with Gasteiger partial charge in [0.25, 0.3) is 0 Å². The molecule has 0 radical (unpaired) electrons. The first kappa shape index (κ1) is 14.9. The number of ether oxygens (including phenoxy) is 1. The molecule has 0 bridgehead atoms. The summed E-state index contributed by atoms with van der Waals surface area (Å²) in [6.45, 7) is 13.4. The molecule has 0 saturated carbocycles. The van der Waals surface area contributed by atoms with Gasteiger partial charge in [0, 0.05) is 12.1 Å². The predicted octanol–water partition coefficient (Wildman–Crippen LogP) is 1.78. The minimum Gasteiger partial charge on any atom is -0.372 e. The van der Waals surface area contributed by atoms with Crippen LogP contribution in [0, 0.1) is 0 Å². The van der Waals surface area contributed by atoms with E-state index in [0.29, 0.717) is 0 Å². The lowest BCUT2D eigenvalue weighted by Gasteiger charge is -2.32. The first-order chi connectivity index (χ1) is 6.83. The van der Waals surface area contributed by atoms with Crippen molar-refractivity contribution in [1.82, 2.24) is 10.6 Å². The second-order valence-corrected chi connectivity index (χ2v) is 5.36. The third-order valence-corrected chi connectivity index (χ3v) is 2.48. The Kier molecular flexibility index (Phi) is 6.41. The van der Waals surface area contributed by atoms with Crippen LogP contribution >= 0.6 is 0 Å². The fourth-order valence-corrected chi connectivity index (χ4v) is 1.07. The molecule has 3 heteroatoms. The lowest BCUT2D eigenvalue weighted by molar-refractivity contribution is -0.0398. The maximum Gasteiger partial charge on any atom is 0.0751 e. The highest BCUT2D eigenvalue weighted by atomic mass is 16.5. The lowest BCUT2D eigenvalue weighted by Crippen LogP contribution is -2.46. The second-order valence-electron chi connectivity index (χ2n) is 5.36. The highest BCUT2D eigenvalue weighted by Gasteiger charge is 2.23. The van der Waals surface area contributed by atoms with Crippen molar-refractivity contribution in [2.75, 3.05) is 26.7 Å². The fraction of sp³-hybridized carbons (Fsp3) is 1.00. The van der Waals surface area contributed by atoms with Gasteiger partial charge in [0.15, 0.2) is 0 Å². The van der Waals surface area contributed by atoms with Crippen LogP contribution in [0.15, 0.2) is 0 Å². The molecule has 92 valence electrons. The van der Waals surface area contributed by atoms with Crippen molar-refractivity contribution in [2.24, 2.45) is 0 Å². The van der Waals surface area contributed by atoms with Gasteiger partial charge < -0.3 is 15.4 Å². The van der Waals surface area contributed by atoms with Crippen LogP contribution in [0.5, 0.6) is 0 Å². The molecule has 15 heavy (non-hydrogen) atoms. The van der Waals surface area contributed by atoms with E-state index in [1.807, 2.05) is 7.05 Å². The number of hydrogen-bond acceptors (Lipinski definition) is 3. The van der Waals surface area contributed by atoms with Crippen molar-refractivity contribution < 1.29 is 4.74 Å². The molecule has 0 aliphatic rings. The zero-order valence-corrected chi connectivity index (χ0v) is 11.2. The molecule has 0 saturated heterocycles. The van der Waals surface area contributed by atoms with Crippen molar-refractivity contribution in [3.05, 3.63) is 0 Å². The van der Waals surface area contributed by atoms with Crippen LogP contribution in [0.3, 0.4) is 0 Å². The summed E-state index contributed by atoms with van der Waals surface area (Å²) in [5.74, 6) is 0. The minimum atomic E-state index is -0.0940. The summed E-state index contributed by atoms with van der Waals surface area (Å²) in [5.41, 5.74) is -0.0503. The van der Waals surface area contributed by atoms with Gasteiger partial charge in [-0.25, -0.2) is 0 Å². The zero-order chi connectivity index (χ0) is 11.9. The summed E-state index contributed by atoms with van der Waals surface area (Å²) in [5, 5.41) is 6.62. The Balaban J connectivity index is 3.82. The van der Waals surface area contributed by atoms with Gasteiger partial charge in [-0.15, -0.1) is 0 Å². The first-order valence-corrected chi connectivity index (χ1v) is 5.86. The molecule has 0 fully saturated rings. The van der Waals surface area contributed by atoms with Crippen molar-refractivity contribution in [2.45, 2.75) is 52.2 Å². The van der Waals surface area contributed by atoms with E-state index in [1.54, 1.807) is 0 Å². The first-order valence-electron chi connectivity index (χ1n) is 5.86. The topological polar surface area (TPSA) is 33.3 Å². The molecule has 0 unspecified atom stereocenters. The molecule has 2 N–H and O–H groups in total. The third-order valence-electron chi connectivity index (χ3n) is 2.48. The van der Waals surface area contributed by atoms with Gasteiger partial charge in [-0.05, 0) is 47.7 Å². The Morgan fingerprint density at radius 1 is 1.13 bits per heavy atom. The number of hydrogen-bond donors (Lipinski definition) is 2. The zero-order valence-electron chi connectivity index (χ0n) is 11.2. The summed E-state index contributed by atoms with van der Waals surface area (Å²) in [7, 11) is 1.96. The van der Waals surface area contributed by atoms with Gasteiger partial charge in [-0.2, -0.15) is 0 Å². The van der Waals surface area contributed by atoms with Crippen molar-refractivity contribution in [3.8, 4) is 0 Å². The normalized spacial score (nSPS) is 13.2. The summed E-state index contributed by atoms with van der Waals surface area (Å²) in [6.07, 6.45) is 1.16. The Morgan fingerprint density at radius 3 is 2.20 bits per heavy atom. The van der Waals surface area contributed by atoms with Gasteiger partial charge in [-0.3, -0.25) is 0 Å². The smallest absolute Gasteiger partial charge is 0.0751 e. The second kappa shape index (κ2) is 6.46. The molecule has 0 aliphatic carbocycles. The highest BCUT2D eigenvalue weighted by Crippen LogP contribution is 2.12. The Morgan fingerprint density at radius 2 is 1.73 bits per heavy atom. The molecule has 0 amide bonds. The van der Waals surface area contributed by atoms with Gasteiger partial charge in [0.1, 0.15) is 0 Å². The molecule has 0 heterocycles. The largest absolute Gasteiger partial charge is 0.372 e. The van der Waals surface area contributed by atoms with Gasteiger partial charge in [0.2, 0.25) is 0 Å². The van der Waals surface area contributed by atoms with Crippen LogP contribution in [0.25, 0.3) is 0 Å². The molecule has 0 aromatic carbocycles.